The summed E-state index contributed by atoms with van der Waals surface area (Å²) in [5.41, 5.74) is 1.83. The van der Waals surface area contributed by atoms with Crippen LogP contribution in [0.4, 0.5) is 5.69 Å². The zero-order chi connectivity index (χ0) is 14.5. The Kier molecular flexibility index (Phi) is 5.01. The standard InChI is InChI=1S/C16H24N2O2/c1-3-15(19)13-8-4-5-9-14(13)17(2)12-16(20)18-10-6-7-11-18/h4-5,8-9,15,19H,3,6-7,10-12H2,1-2H3/t15-/m0/s1. The quantitative estimate of drug-likeness (QED) is 0.896. The van der Waals surface area contributed by atoms with E-state index in [4.69, 9.17) is 0 Å². The van der Waals surface area contributed by atoms with Gasteiger partial charge in [-0.3, -0.25) is 4.79 Å². The molecule has 1 aliphatic heterocycles. The number of aliphatic hydroxyl groups excluding tert-OH is 1. The minimum Gasteiger partial charge on any atom is -0.388 e. The molecule has 0 radical (unpaired) electrons. The summed E-state index contributed by atoms with van der Waals surface area (Å²) in [4.78, 5) is 16.1. The van der Waals surface area contributed by atoms with Crippen LogP contribution in [0.1, 0.15) is 37.9 Å². The molecule has 0 spiro atoms. The van der Waals surface area contributed by atoms with Crippen LogP contribution in [0, 0.1) is 0 Å². The molecule has 20 heavy (non-hydrogen) atoms. The van der Waals surface area contributed by atoms with E-state index in [1.807, 2.05) is 48.0 Å². The van der Waals surface area contributed by atoms with Crippen LogP contribution in [0.5, 0.6) is 0 Å². The van der Waals surface area contributed by atoms with Gasteiger partial charge in [-0.2, -0.15) is 0 Å². The Balaban J connectivity index is 2.08. The number of nitrogens with zero attached hydrogens (tertiary/aromatic N) is 2. The molecule has 1 aromatic carbocycles. The molecule has 1 aromatic rings. The van der Waals surface area contributed by atoms with Gasteiger partial charge in [0.05, 0.1) is 12.6 Å². The van der Waals surface area contributed by atoms with E-state index in [9.17, 15) is 9.90 Å². The number of carbonyl (C=O) groups excluding carboxylic acids is 1. The molecule has 2 rings (SSSR count). The van der Waals surface area contributed by atoms with E-state index in [2.05, 4.69) is 0 Å². The normalized spacial score (nSPS) is 16.2. The molecule has 1 saturated heterocycles. The SMILES string of the molecule is CC[C@H](O)c1ccccc1N(C)CC(=O)N1CCCC1. The van der Waals surface area contributed by atoms with E-state index in [1.165, 1.54) is 0 Å². The highest BCUT2D eigenvalue weighted by Gasteiger charge is 2.21. The average Bonchev–Trinajstić information content (AvgIpc) is 3.00. The summed E-state index contributed by atoms with van der Waals surface area (Å²) in [5, 5.41) is 10.1. The number of rotatable bonds is 5. The molecular formula is C16H24N2O2. The van der Waals surface area contributed by atoms with E-state index in [-0.39, 0.29) is 5.91 Å². The molecule has 0 bridgehead atoms. The van der Waals surface area contributed by atoms with Crippen molar-refractivity contribution in [3.05, 3.63) is 29.8 Å². The van der Waals surface area contributed by atoms with E-state index < -0.39 is 6.10 Å². The Morgan fingerprint density at radius 1 is 1.35 bits per heavy atom. The number of hydrogen-bond donors (Lipinski definition) is 1. The maximum absolute atomic E-state index is 12.2. The van der Waals surface area contributed by atoms with Gasteiger partial charge in [0.15, 0.2) is 0 Å². The summed E-state index contributed by atoms with van der Waals surface area (Å²) in [6, 6.07) is 7.76. The predicted molar refractivity (Wildman–Crippen MR) is 80.8 cm³/mol. The Morgan fingerprint density at radius 2 is 2.00 bits per heavy atom. The number of carbonyl (C=O) groups is 1. The number of likely N-dealkylation sites (N-methyl/N-ethyl adjacent to an activating group) is 1. The molecule has 4 heteroatoms. The van der Waals surface area contributed by atoms with E-state index in [0.717, 1.165) is 37.2 Å². The molecule has 110 valence electrons. The third-order valence-electron chi connectivity index (χ3n) is 3.92. The first-order valence-corrected chi connectivity index (χ1v) is 7.39. The summed E-state index contributed by atoms with van der Waals surface area (Å²) in [6.07, 6.45) is 2.42. The number of benzene rings is 1. The molecule has 1 N–H and O–H groups in total. The lowest BCUT2D eigenvalue weighted by atomic mass is 10.0. The van der Waals surface area contributed by atoms with Gasteiger partial charge in [-0.1, -0.05) is 25.1 Å². The van der Waals surface area contributed by atoms with Crippen molar-refractivity contribution in [1.29, 1.82) is 0 Å². The first-order valence-electron chi connectivity index (χ1n) is 7.39. The summed E-state index contributed by atoms with van der Waals surface area (Å²) >= 11 is 0. The minimum absolute atomic E-state index is 0.172. The molecule has 1 fully saturated rings. The average molecular weight is 276 g/mol. The third-order valence-corrected chi connectivity index (χ3v) is 3.92. The number of aliphatic hydroxyl groups is 1. The van der Waals surface area contributed by atoms with E-state index in [0.29, 0.717) is 13.0 Å². The smallest absolute Gasteiger partial charge is 0.242 e. The van der Waals surface area contributed by atoms with Crippen LogP contribution < -0.4 is 4.90 Å². The number of para-hydroxylation sites is 1. The molecular weight excluding hydrogens is 252 g/mol. The predicted octanol–water partition coefficient (Wildman–Crippen LogP) is 2.19. The maximum Gasteiger partial charge on any atom is 0.242 e. The van der Waals surface area contributed by atoms with Gasteiger partial charge in [-0.05, 0) is 25.3 Å². The van der Waals surface area contributed by atoms with Crippen molar-refractivity contribution in [2.75, 3.05) is 31.6 Å². The minimum atomic E-state index is -0.476. The first kappa shape index (κ1) is 14.9. The second kappa shape index (κ2) is 6.75. The Labute approximate surface area is 121 Å². The lowest BCUT2D eigenvalue weighted by Crippen LogP contribution is -2.37. The molecule has 1 aliphatic rings. The van der Waals surface area contributed by atoms with Crippen molar-refractivity contribution in [3.63, 3.8) is 0 Å². The molecule has 1 heterocycles. The van der Waals surface area contributed by atoms with Crippen molar-refractivity contribution < 1.29 is 9.90 Å². The molecule has 1 atom stereocenters. The topological polar surface area (TPSA) is 43.8 Å². The highest BCUT2D eigenvalue weighted by atomic mass is 16.3. The van der Waals surface area contributed by atoms with Crippen molar-refractivity contribution in [2.24, 2.45) is 0 Å². The molecule has 0 aromatic heterocycles. The molecule has 0 saturated carbocycles. The van der Waals surface area contributed by atoms with E-state index >= 15 is 0 Å². The van der Waals surface area contributed by atoms with Crippen molar-refractivity contribution in [3.8, 4) is 0 Å². The largest absolute Gasteiger partial charge is 0.388 e. The summed E-state index contributed by atoms with van der Waals surface area (Å²) < 4.78 is 0. The van der Waals surface area contributed by atoms with Gasteiger partial charge in [0.25, 0.3) is 0 Å². The van der Waals surface area contributed by atoms with Crippen LogP contribution in [0.2, 0.25) is 0 Å². The Morgan fingerprint density at radius 3 is 2.65 bits per heavy atom. The van der Waals surface area contributed by atoms with Crippen LogP contribution in [0.15, 0.2) is 24.3 Å². The lowest BCUT2D eigenvalue weighted by Gasteiger charge is -2.26. The zero-order valence-corrected chi connectivity index (χ0v) is 12.4. The van der Waals surface area contributed by atoms with Crippen LogP contribution >= 0.6 is 0 Å². The van der Waals surface area contributed by atoms with Crippen LogP contribution in [-0.4, -0.2) is 42.6 Å². The van der Waals surface area contributed by atoms with Crippen molar-refractivity contribution in [2.45, 2.75) is 32.3 Å². The highest BCUT2D eigenvalue weighted by Crippen LogP contribution is 2.27. The fraction of sp³-hybridized carbons (Fsp3) is 0.562. The van der Waals surface area contributed by atoms with Crippen LogP contribution in [0.25, 0.3) is 0 Å². The van der Waals surface area contributed by atoms with Gasteiger partial charge in [0.1, 0.15) is 0 Å². The number of anilines is 1. The van der Waals surface area contributed by atoms with Crippen LogP contribution in [-0.2, 0) is 4.79 Å². The first-order chi connectivity index (χ1) is 9.63. The maximum atomic E-state index is 12.2. The van der Waals surface area contributed by atoms with Gasteiger partial charge >= 0.3 is 0 Å². The number of amides is 1. The van der Waals surface area contributed by atoms with Gasteiger partial charge in [0, 0.05) is 31.4 Å². The number of likely N-dealkylation sites (tertiary alicyclic amines) is 1. The summed E-state index contributed by atoms with van der Waals surface area (Å²) in [6.45, 7) is 4.09. The molecule has 4 nitrogen and oxygen atoms in total. The third kappa shape index (κ3) is 3.31. The Bertz CT molecular complexity index is 456. The van der Waals surface area contributed by atoms with E-state index in [1.54, 1.807) is 0 Å². The van der Waals surface area contributed by atoms with Gasteiger partial charge < -0.3 is 14.9 Å². The lowest BCUT2D eigenvalue weighted by molar-refractivity contribution is -0.128. The second-order valence-corrected chi connectivity index (χ2v) is 5.43. The van der Waals surface area contributed by atoms with Gasteiger partial charge in [-0.15, -0.1) is 0 Å². The van der Waals surface area contributed by atoms with Crippen molar-refractivity contribution in [1.82, 2.24) is 4.90 Å². The van der Waals surface area contributed by atoms with Gasteiger partial charge in [0.2, 0.25) is 5.91 Å². The van der Waals surface area contributed by atoms with Gasteiger partial charge in [-0.25, -0.2) is 0 Å². The van der Waals surface area contributed by atoms with Crippen molar-refractivity contribution >= 4 is 11.6 Å². The monoisotopic (exact) mass is 276 g/mol. The number of hydrogen-bond acceptors (Lipinski definition) is 3. The summed E-state index contributed by atoms with van der Waals surface area (Å²) in [5.74, 6) is 0.172. The second-order valence-electron chi connectivity index (χ2n) is 5.43. The molecule has 1 amide bonds. The zero-order valence-electron chi connectivity index (χ0n) is 12.4. The fourth-order valence-electron chi connectivity index (χ4n) is 2.69. The van der Waals surface area contributed by atoms with Crippen LogP contribution in [0.3, 0.4) is 0 Å². The molecule has 0 aliphatic carbocycles. The molecule has 0 unspecified atom stereocenters. The Hall–Kier alpha value is -1.55. The fourth-order valence-corrected chi connectivity index (χ4v) is 2.69. The highest BCUT2D eigenvalue weighted by molar-refractivity contribution is 5.82. The summed E-state index contributed by atoms with van der Waals surface area (Å²) in [7, 11) is 1.91.